The normalized spacial score (nSPS) is 10.9. The summed E-state index contributed by atoms with van der Waals surface area (Å²) in [6.45, 7) is 1.76. The molecule has 2 rings (SSSR count). The largest absolute Gasteiger partial charge is 0.481 e. The summed E-state index contributed by atoms with van der Waals surface area (Å²) in [4.78, 5) is 30.3. The summed E-state index contributed by atoms with van der Waals surface area (Å²) in [7, 11) is 0. The van der Waals surface area contributed by atoms with Crippen LogP contribution < -0.4 is 0 Å². The fourth-order valence-electron chi connectivity index (χ4n) is 1.93. The lowest BCUT2D eigenvalue weighted by Crippen LogP contribution is -2.10. The number of non-ortho nitro benzene ring substituents is 2. The molecule has 0 bridgehead atoms. The van der Waals surface area contributed by atoms with Crippen molar-refractivity contribution in [3.63, 3.8) is 0 Å². The SMILES string of the molecule is CCC(C(=O)O)c1ccc([N+](=O)[O-])cc1.O=[N+]([O-])c1ccccc1. The Kier molecular flexibility index (Phi) is 7.02. The lowest BCUT2D eigenvalue weighted by atomic mass is 9.97. The van der Waals surface area contributed by atoms with Gasteiger partial charge in [0, 0.05) is 24.3 Å². The number of benzene rings is 2. The third-order valence-electron chi connectivity index (χ3n) is 3.18. The second kappa shape index (κ2) is 8.99. The van der Waals surface area contributed by atoms with Crippen LogP contribution in [0.3, 0.4) is 0 Å². The Hall–Kier alpha value is -3.29. The van der Waals surface area contributed by atoms with Crippen LogP contribution in [0.1, 0.15) is 24.8 Å². The van der Waals surface area contributed by atoms with Crippen molar-refractivity contribution in [2.75, 3.05) is 0 Å². The topological polar surface area (TPSA) is 124 Å². The average molecular weight is 332 g/mol. The molecular weight excluding hydrogens is 316 g/mol. The Morgan fingerprint density at radius 1 is 0.958 bits per heavy atom. The number of nitrogens with zero attached hydrogens (tertiary/aromatic N) is 2. The van der Waals surface area contributed by atoms with Crippen LogP contribution in [0.2, 0.25) is 0 Å². The number of carboxylic acids is 1. The number of carboxylic acid groups (broad SMARTS) is 1. The molecule has 0 aromatic heterocycles. The predicted molar refractivity (Wildman–Crippen MR) is 86.9 cm³/mol. The Balaban J connectivity index is 0.000000272. The predicted octanol–water partition coefficient (Wildman–Crippen LogP) is 3.77. The molecule has 2 aromatic rings. The number of nitro groups is 2. The van der Waals surface area contributed by atoms with Crippen molar-refractivity contribution in [3.8, 4) is 0 Å². The van der Waals surface area contributed by atoms with Gasteiger partial charge in [-0.05, 0) is 12.0 Å². The van der Waals surface area contributed by atoms with Crippen LogP contribution in [-0.4, -0.2) is 20.9 Å². The number of rotatable bonds is 5. The van der Waals surface area contributed by atoms with E-state index in [1.165, 1.54) is 36.4 Å². The summed E-state index contributed by atoms with van der Waals surface area (Å²) < 4.78 is 0. The molecule has 0 aliphatic carbocycles. The van der Waals surface area contributed by atoms with Gasteiger partial charge in [0.2, 0.25) is 0 Å². The molecule has 0 fully saturated rings. The second-order valence-electron chi connectivity index (χ2n) is 4.74. The first kappa shape index (κ1) is 18.8. The molecule has 24 heavy (non-hydrogen) atoms. The molecule has 0 radical (unpaired) electrons. The zero-order valence-corrected chi connectivity index (χ0v) is 12.9. The maximum absolute atomic E-state index is 10.8. The molecule has 1 N–H and O–H groups in total. The minimum atomic E-state index is -0.911. The highest BCUT2D eigenvalue weighted by molar-refractivity contribution is 5.76. The Morgan fingerprint density at radius 3 is 1.75 bits per heavy atom. The molecule has 0 heterocycles. The molecular formula is C16H16N2O6. The van der Waals surface area contributed by atoms with Crippen molar-refractivity contribution in [2.45, 2.75) is 19.3 Å². The van der Waals surface area contributed by atoms with Gasteiger partial charge in [0.05, 0.1) is 15.8 Å². The van der Waals surface area contributed by atoms with Gasteiger partial charge in [0.1, 0.15) is 0 Å². The highest BCUT2D eigenvalue weighted by Crippen LogP contribution is 2.22. The molecule has 1 unspecified atom stereocenters. The van der Waals surface area contributed by atoms with Crippen molar-refractivity contribution >= 4 is 17.3 Å². The summed E-state index contributed by atoms with van der Waals surface area (Å²) in [6, 6.07) is 13.5. The van der Waals surface area contributed by atoms with E-state index in [1.54, 1.807) is 25.1 Å². The van der Waals surface area contributed by atoms with E-state index in [0.29, 0.717) is 12.0 Å². The van der Waals surface area contributed by atoms with Gasteiger partial charge in [0.25, 0.3) is 11.4 Å². The lowest BCUT2D eigenvalue weighted by Gasteiger charge is -2.08. The third kappa shape index (κ3) is 5.48. The standard InChI is InChI=1S/C10H11NO4.C6H5NO2/c1-2-9(10(12)13)7-3-5-8(6-4-7)11(14)15;8-7(9)6-4-2-1-3-5-6/h3-6,9H,2H2,1H3,(H,12,13);1-5H. The van der Waals surface area contributed by atoms with E-state index in [1.807, 2.05) is 0 Å². The number of hydrogen-bond acceptors (Lipinski definition) is 5. The van der Waals surface area contributed by atoms with Crippen LogP contribution in [0.25, 0.3) is 0 Å². The van der Waals surface area contributed by atoms with Gasteiger partial charge >= 0.3 is 5.97 Å². The molecule has 0 aliphatic rings. The van der Waals surface area contributed by atoms with E-state index in [9.17, 15) is 25.0 Å². The average Bonchev–Trinajstić information content (AvgIpc) is 2.57. The summed E-state index contributed by atoms with van der Waals surface area (Å²) in [6.07, 6.45) is 0.465. The van der Waals surface area contributed by atoms with Crippen LogP contribution in [0, 0.1) is 20.2 Å². The van der Waals surface area contributed by atoms with E-state index in [4.69, 9.17) is 5.11 Å². The number of hydrogen-bond donors (Lipinski definition) is 1. The van der Waals surface area contributed by atoms with Crippen molar-refractivity contribution in [1.29, 1.82) is 0 Å². The summed E-state index contributed by atoms with van der Waals surface area (Å²) in [5.74, 6) is -1.50. The molecule has 8 heteroatoms. The molecule has 0 spiro atoms. The molecule has 0 saturated carbocycles. The highest BCUT2D eigenvalue weighted by Gasteiger charge is 2.18. The maximum Gasteiger partial charge on any atom is 0.310 e. The van der Waals surface area contributed by atoms with Gasteiger partial charge in [-0.15, -0.1) is 0 Å². The van der Waals surface area contributed by atoms with E-state index in [-0.39, 0.29) is 11.4 Å². The Bertz CT molecular complexity index is 700. The zero-order chi connectivity index (χ0) is 18.1. The highest BCUT2D eigenvalue weighted by atomic mass is 16.6. The van der Waals surface area contributed by atoms with Crippen LogP contribution in [-0.2, 0) is 4.79 Å². The minimum absolute atomic E-state index is 0.0287. The van der Waals surface area contributed by atoms with Crippen molar-refractivity contribution < 1.29 is 19.7 Å². The molecule has 8 nitrogen and oxygen atoms in total. The Labute approximate surface area is 137 Å². The van der Waals surface area contributed by atoms with Crippen LogP contribution in [0.4, 0.5) is 11.4 Å². The van der Waals surface area contributed by atoms with Gasteiger partial charge in [-0.1, -0.05) is 37.3 Å². The number of para-hydroxylation sites is 1. The second-order valence-corrected chi connectivity index (χ2v) is 4.74. The minimum Gasteiger partial charge on any atom is -0.481 e. The first-order valence-corrected chi connectivity index (χ1v) is 7.03. The molecule has 2 aromatic carbocycles. The van der Waals surface area contributed by atoms with Crippen molar-refractivity contribution in [2.24, 2.45) is 0 Å². The maximum atomic E-state index is 10.8. The first-order valence-electron chi connectivity index (χ1n) is 7.03. The third-order valence-corrected chi connectivity index (χ3v) is 3.18. The van der Waals surface area contributed by atoms with E-state index in [2.05, 4.69) is 0 Å². The van der Waals surface area contributed by atoms with Gasteiger partial charge in [0.15, 0.2) is 0 Å². The summed E-state index contributed by atoms with van der Waals surface area (Å²) >= 11 is 0. The summed E-state index contributed by atoms with van der Waals surface area (Å²) in [5.41, 5.74) is 0.701. The van der Waals surface area contributed by atoms with Gasteiger partial charge < -0.3 is 5.11 Å². The first-order chi connectivity index (χ1) is 11.4. The monoisotopic (exact) mass is 332 g/mol. The number of carbonyl (C=O) groups is 1. The number of aliphatic carboxylic acids is 1. The quantitative estimate of drug-likeness (QED) is 0.656. The van der Waals surface area contributed by atoms with E-state index in [0.717, 1.165) is 0 Å². The molecule has 1 atom stereocenters. The van der Waals surface area contributed by atoms with Crippen LogP contribution in [0.15, 0.2) is 54.6 Å². The van der Waals surface area contributed by atoms with E-state index < -0.39 is 21.7 Å². The van der Waals surface area contributed by atoms with Crippen molar-refractivity contribution in [1.82, 2.24) is 0 Å². The van der Waals surface area contributed by atoms with Crippen LogP contribution >= 0.6 is 0 Å². The fraction of sp³-hybridized carbons (Fsp3) is 0.188. The van der Waals surface area contributed by atoms with Gasteiger partial charge in [-0.2, -0.15) is 0 Å². The van der Waals surface area contributed by atoms with Crippen LogP contribution in [0.5, 0.6) is 0 Å². The molecule has 0 amide bonds. The zero-order valence-electron chi connectivity index (χ0n) is 12.9. The molecule has 0 aliphatic heterocycles. The Morgan fingerprint density at radius 2 is 1.42 bits per heavy atom. The van der Waals surface area contributed by atoms with E-state index >= 15 is 0 Å². The number of nitro benzene ring substituents is 2. The smallest absolute Gasteiger partial charge is 0.310 e. The lowest BCUT2D eigenvalue weighted by molar-refractivity contribution is -0.385. The van der Waals surface area contributed by atoms with Gasteiger partial charge in [-0.3, -0.25) is 25.0 Å². The molecule has 126 valence electrons. The molecule has 0 saturated heterocycles. The van der Waals surface area contributed by atoms with Gasteiger partial charge in [-0.25, -0.2) is 0 Å². The summed E-state index contributed by atoms with van der Waals surface area (Å²) in [5, 5.41) is 29.3. The fourth-order valence-corrected chi connectivity index (χ4v) is 1.93. The van der Waals surface area contributed by atoms with Crippen molar-refractivity contribution in [3.05, 3.63) is 80.4 Å².